The molecule has 0 heterocycles. The first-order valence-corrected chi connectivity index (χ1v) is 15.7. The molecule has 2 saturated carbocycles. The van der Waals surface area contributed by atoms with Crippen molar-refractivity contribution in [3.63, 3.8) is 0 Å². The van der Waals surface area contributed by atoms with Crippen LogP contribution < -0.4 is 0 Å². The molecule has 10 nitrogen and oxygen atoms in total. The predicted octanol–water partition coefficient (Wildman–Crippen LogP) is 8.21. The summed E-state index contributed by atoms with van der Waals surface area (Å²) in [4.78, 5) is 67.8. The van der Waals surface area contributed by atoms with Crippen molar-refractivity contribution in [2.24, 2.45) is 17.3 Å². The first kappa shape index (κ1) is 33.8. The molecule has 0 aliphatic heterocycles. The van der Waals surface area contributed by atoms with Crippen molar-refractivity contribution in [1.29, 1.82) is 0 Å². The zero-order chi connectivity index (χ0) is 32.7. The van der Waals surface area contributed by atoms with Crippen molar-refractivity contribution in [3.8, 4) is 0 Å². The minimum absolute atomic E-state index is 0.0410. The van der Waals surface area contributed by atoms with Crippen LogP contribution in [0.1, 0.15) is 108 Å². The number of carbonyl (C=O) groups is 4. The highest BCUT2D eigenvalue weighted by molar-refractivity contribution is 5.91. The van der Waals surface area contributed by atoms with Gasteiger partial charge in [-0.05, 0) is 131 Å². The van der Waals surface area contributed by atoms with Crippen molar-refractivity contribution < 1.29 is 48.2 Å². The molecule has 2 aromatic carbocycles. The average molecular weight is 625 g/mol. The lowest BCUT2D eigenvalue weighted by atomic mass is 9.60. The van der Waals surface area contributed by atoms with Crippen LogP contribution in [0.5, 0.6) is 0 Å². The highest BCUT2D eigenvalue weighted by Gasteiger charge is 2.41. The number of hydrogen-bond donors (Lipinski definition) is 0. The molecule has 244 valence electrons. The van der Waals surface area contributed by atoms with E-state index in [4.69, 9.17) is 19.2 Å². The summed E-state index contributed by atoms with van der Waals surface area (Å²) in [7, 11) is 0. The SMILES string of the molecule is Cc1cccc(C(=O)OOC(=O)OC2CCC(C(C)(C)C3CCC(OC(=O)OOC(=O)c4cccc(C)c4C)CC3)CC2)c1C. The molecule has 2 aliphatic carbocycles. The van der Waals surface area contributed by atoms with Crippen LogP contribution in [0.2, 0.25) is 0 Å². The molecule has 0 atom stereocenters. The normalized spacial score (nSPS) is 21.6. The first-order valence-electron chi connectivity index (χ1n) is 15.7. The Morgan fingerprint density at radius 2 is 0.911 bits per heavy atom. The van der Waals surface area contributed by atoms with E-state index < -0.39 is 24.2 Å². The smallest absolute Gasteiger partial charge is 0.428 e. The van der Waals surface area contributed by atoms with Crippen LogP contribution in [0.25, 0.3) is 0 Å². The fourth-order valence-electron chi connectivity index (χ4n) is 6.67. The van der Waals surface area contributed by atoms with Crippen LogP contribution in [-0.2, 0) is 29.0 Å². The van der Waals surface area contributed by atoms with Crippen molar-refractivity contribution >= 4 is 24.2 Å². The molecular weight excluding hydrogens is 580 g/mol. The van der Waals surface area contributed by atoms with Crippen LogP contribution in [0.3, 0.4) is 0 Å². The molecule has 45 heavy (non-hydrogen) atoms. The van der Waals surface area contributed by atoms with Gasteiger partial charge < -0.3 is 9.47 Å². The average Bonchev–Trinajstić information content (AvgIpc) is 3.02. The summed E-state index contributed by atoms with van der Waals surface area (Å²) >= 11 is 0. The van der Waals surface area contributed by atoms with E-state index in [2.05, 4.69) is 23.6 Å². The fraction of sp³-hybridized carbons (Fsp3) is 0.543. The Hall–Kier alpha value is -4.08. The van der Waals surface area contributed by atoms with Crippen LogP contribution >= 0.6 is 0 Å². The minimum atomic E-state index is -1.02. The molecule has 0 bridgehead atoms. The maximum Gasteiger partial charge on any atom is 0.550 e. The van der Waals surface area contributed by atoms with Gasteiger partial charge in [0, 0.05) is 0 Å². The summed E-state index contributed by atoms with van der Waals surface area (Å²) in [5, 5.41) is 0. The summed E-state index contributed by atoms with van der Waals surface area (Å²) in [6.45, 7) is 11.9. The Morgan fingerprint density at radius 1 is 0.556 bits per heavy atom. The van der Waals surface area contributed by atoms with E-state index in [-0.39, 0.29) is 17.6 Å². The largest absolute Gasteiger partial charge is 0.550 e. The highest BCUT2D eigenvalue weighted by Crippen LogP contribution is 2.49. The Labute approximate surface area is 264 Å². The second kappa shape index (κ2) is 14.8. The van der Waals surface area contributed by atoms with Gasteiger partial charge in [-0.2, -0.15) is 9.59 Å². The summed E-state index contributed by atoms with van der Waals surface area (Å²) < 4.78 is 10.9. The molecule has 4 rings (SSSR count). The summed E-state index contributed by atoms with van der Waals surface area (Å²) in [6, 6.07) is 10.5. The number of hydrogen-bond acceptors (Lipinski definition) is 10. The van der Waals surface area contributed by atoms with Gasteiger partial charge in [0.25, 0.3) is 0 Å². The topological polar surface area (TPSA) is 124 Å². The van der Waals surface area contributed by atoms with E-state index in [0.29, 0.717) is 48.6 Å². The van der Waals surface area contributed by atoms with Crippen LogP contribution in [0.4, 0.5) is 9.59 Å². The van der Waals surface area contributed by atoms with Crippen molar-refractivity contribution in [3.05, 3.63) is 69.8 Å². The molecule has 0 N–H and O–H groups in total. The van der Waals surface area contributed by atoms with Crippen LogP contribution in [0.15, 0.2) is 36.4 Å². The second-order valence-electron chi connectivity index (χ2n) is 12.9. The van der Waals surface area contributed by atoms with Gasteiger partial charge in [0.05, 0.1) is 11.1 Å². The summed E-state index contributed by atoms with van der Waals surface area (Å²) in [5.41, 5.74) is 4.09. The van der Waals surface area contributed by atoms with Gasteiger partial charge in [-0.1, -0.05) is 38.1 Å². The third kappa shape index (κ3) is 8.55. The lowest BCUT2D eigenvalue weighted by Crippen LogP contribution is -2.39. The number of rotatable bonds is 6. The Balaban J connectivity index is 1.15. The maximum atomic E-state index is 12.3. The molecule has 0 spiro atoms. The third-order valence-corrected chi connectivity index (χ3v) is 10.00. The van der Waals surface area contributed by atoms with Gasteiger partial charge in [0.15, 0.2) is 0 Å². The predicted molar refractivity (Wildman–Crippen MR) is 163 cm³/mol. The zero-order valence-corrected chi connectivity index (χ0v) is 27.0. The van der Waals surface area contributed by atoms with Crippen LogP contribution in [0, 0.1) is 44.9 Å². The Morgan fingerprint density at radius 3 is 1.27 bits per heavy atom. The van der Waals surface area contributed by atoms with Crippen molar-refractivity contribution in [1.82, 2.24) is 0 Å². The lowest BCUT2D eigenvalue weighted by molar-refractivity contribution is -0.209. The van der Waals surface area contributed by atoms with Gasteiger partial charge in [0.1, 0.15) is 12.2 Å². The van der Waals surface area contributed by atoms with Crippen molar-refractivity contribution in [2.75, 3.05) is 0 Å². The maximum absolute atomic E-state index is 12.3. The standard InChI is InChI=1S/C35H44O10/c1-21-9-7-11-29(23(21)3)31(36)42-44-33(38)40-27-17-13-25(14-18-27)35(5,6)26-15-19-28(20-16-26)41-34(39)45-43-32(37)30-12-8-10-22(2)24(30)4/h7-12,25-28H,13-20H2,1-6H3. The third-order valence-electron chi connectivity index (χ3n) is 10.00. The van der Waals surface area contributed by atoms with E-state index in [1.54, 1.807) is 38.1 Å². The molecule has 0 radical (unpaired) electrons. The Bertz CT molecular complexity index is 1280. The van der Waals surface area contributed by atoms with Gasteiger partial charge in [-0.25, -0.2) is 29.1 Å². The highest BCUT2D eigenvalue weighted by atomic mass is 17.2. The molecule has 0 saturated heterocycles. The first-order chi connectivity index (χ1) is 21.4. The molecule has 0 unspecified atom stereocenters. The monoisotopic (exact) mass is 624 g/mol. The Kier molecular flexibility index (Phi) is 11.1. The van der Waals surface area contributed by atoms with Gasteiger partial charge in [0.2, 0.25) is 0 Å². The lowest BCUT2D eigenvalue weighted by Gasteiger charge is -2.46. The van der Waals surface area contributed by atoms with Crippen LogP contribution in [-0.4, -0.2) is 36.5 Å². The molecule has 2 aliphatic rings. The van der Waals surface area contributed by atoms with E-state index in [1.807, 2.05) is 26.0 Å². The fourth-order valence-corrected chi connectivity index (χ4v) is 6.67. The minimum Gasteiger partial charge on any atom is -0.428 e. The van der Waals surface area contributed by atoms with Gasteiger partial charge >= 0.3 is 24.2 Å². The van der Waals surface area contributed by atoms with Gasteiger partial charge in [-0.3, -0.25) is 0 Å². The van der Waals surface area contributed by atoms with E-state index >= 15 is 0 Å². The quantitative estimate of drug-likeness (QED) is 0.176. The second-order valence-corrected chi connectivity index (χ2v) is 12.9. The number of aryl methyl sites for hydroxylation is 2. The molecule has 2 aromatic rings. The number of benzene rings is 2. The number of carbonyl (C=O) groups excluding carboxylic acids is 4. The molecule has 0 aromatic heterocycles. The van der Waals surface area contributed by atoms with E-state index in [1.165, 1.54) is 0 Å². The summed E-state index contributed by atoms with van der Waals surface area (Å²) in [5.74, 6) is -0.612. The molecule has 0 amide bonds. The molecular formula is C35H44O10. The number of ether oxygens (including phenoxy) is 2. The van der Waals surface area contributed by atoms with E-state index in [9.17, 15) is 19.2 Å². The van der Waals surface area contributed by atoms with E-state index in [0.717, 1.165) is 47.9 Å². The summed E-state index contributed by atoms with van der Waals surface area (Å²) in [6.07, 6.45) is 3.69. The zero-order valence-electron chi connectivity index (χ0n) is 27.0. The van der Waals surface area contributed by atoms with Crippen molar-refractivity contribution in [2.45, 2.75) is 105 Å². The van der Waals surface area contributed by atoms with Gasteiger partial charge in [-0.15, -0.1) is 0 Å². The molecule has 2 fully saturated rings. The molecule has 10 heteroatoms.